The van der Waals surface area contributed by atoms with Gasteiger partial charge in [0.15, 0.2) is 0 Å². The first-order chi connectivity index (χ1) is 9.91. The van der Waals surface area contributed by atoms with Gasteiger partial charge < -0.3 is 10.6 Å². The Kier molecular flexibility index (Phi) is 4.56. The molecule has 0 radical (unpaired) electrons. The Hall–Kier alpha value is -1.97. The molecule has 0 amide bonds. The molecule has 1 aromatic rings. The SMILES string of the molecule is CCNc1ncc([N+](=O)[O-])c(NC2CCS(=O)(=O)CC2)n1. The summed E-state index contributed by atoms with van der Waals surface area (Å²) < 4.78 is 22.8. The molecule has 10 heteroatoms. The fourth-order valence-electron chi connectivity index (χ4n) is 2.09. The van der Waals surface area contributed by atoms with Gasteiger partial charge in [-0.1, -0.05) is 0 Å². The van der Waals surface area contributed by atoms with Crippen molar-refractivity contribution in [2.75, 3.05) is 28.7 Å². The Labute approximate surface area is 122 Å². The van der Waals surface area contributed by atoms with E-state index in [9.17, 15) is 18.5 Å². The van der Waals surface area contributed by atoms with E-state index in [4.69, 9.17) is 0 Å². The van der Waals surface area contributed by atoms with Crippen molar-refractivity contribution in [3.05, 3.63) is 16.3 Å². The van der Waals surface area contributed by atoms with Crippen LogP contribution < -0.4 is 10.6 Å². The van der Waals surface area contributed by atoms with E-state index in [0.29, 0.717) is 25.3 Å². The number of sulfone groups is 1. The van der Waals surface area contributed by atoms with Crippen LogP contribution in [0.4, 0.5) is 17.5 Å². The van der Waals surface area contributed by atoms with E-state index >= 15 is 0 Å². The van der Waals surface area contributed by atoms with E-state index < -0.39 is 14.8 Å². The van der Waals surface area contributed by atoms with Gasteiger partial charge in [-0.2, -0.15) is 4.98 Å². The van der Waals surface area contributed by atoms with Gasteiger partial charge in [0.25, 0.3) is 0 Å². The number of hydrogen-bond donors (Lipinski definition) is 2. The Morgan fingerprint density at radius 3 is 2.67 bits per heavy atom. The normalized spacial score (nSPS) is 18.1. The summed E-state index contributed by atoms with van der Waals surface area (Å²) in [5, 5.41) is 16.9. The second-order valence-corrected chi connectivity index (χ2v) is 7.09. The highest BCUT2D eigenvalue weighted by Crippen LogP contribution is 2.25. The van der Waals surface area contributed by atoms with Crippen molar-refractivity contribution in [1.82, 2.24) is 9.97 Å². The average molecular weight is 315 g/mol. The van der Waals surface area contributed by atoms with E-state index in [1.807, 2.05) is 6.92 Å². The molecular weight excluding hydrogens is 298 g/mol. The zero-order chi connectivity index (χ0) is 15.5. The monoisotopic (exact) mass is 315 g/mol. The summed E-state index contributed by atoms with van der Waals surface area (Å²) in [6.07, 6.45) is 1.98. The fourth-order valence-corrected chi connectivity index (χ4v) is 3.58. The van der Waals surface area contributed by atoms with Gasteiger partial charge in [-0.05, 0) is 19.8 Å². The smallest absolute Gasteiger partial charge is 0.329 e. The van der Waals surface area contributed by atoms with Crippen LogP contribution in [0.2, 0.25) is 0 Å². The zero-order valence-electron chi connectivity index (χ0n) is 11.6. The largest absolute Gasteiger partial charge is 0.361 e. The average Bonchev–Trinajstić information content (AvgIpc) is 2.41. The van der Waals surface area contributed by atoms with Gasteiger partial charge >= 0.3 is 5.69 Å². The summed E-state index contributed by atoms with van der Waals surface area (Å²) in [7, 11) is -2.97. The maximum Gasteiger partial charge on any atom is 0.329 e. The Morgan fingerprint density at radius 1 is 1.43 bits per heavy atom. The minimum Gasteiger partial charge on any atom is -0.361 e. The summed E-state index contributed by atoms with van der Waals surface area (Å²) in [5.74, 6) is 0.594. The van der Waals surface area contributed by atoms with Crippen LogP contribution in [0.1, 0.15) is 19.8 Å². The van der Waals surface area contributed by atoms with Gasteiger partial charge in [0.2, 0.25) is 11.8 Å². The van der Waals surface area contributed by atoms with Crippen LogP contribution >= 0.6 is 0 Å². The molecule has 0 unspecified atom stereocenters. The van der Waals surface area contributed by atoms with Crippen molar-refractivity contribution in [3.8, 4) is 0 Å². The van der Waals surface area contributed by atoms with Gasteiger partial charge in [-0.25, -0.2) is 13.4 Å². The van der Waals surface area contributed by atoms with Gasteiger partial charge in [-0.15, -0.1) is 0 Å². The third kappa shape index (κ3) is 4.00. The summed E-state index contributed by atoms with van der Waals surface area (Å²) in [4.78, 5) is 18.4. The Morgan fingerprint density at radius 2 is 2.10 bits per heavy atom. The van der Waals surface area contributed by atoms with Crippen molar-refractivity contribution in [2.24, 2.45) is 0 Å². The molecule has 2 heterocycles. The molecule has 1 fully saturated rings. The molecule has 0 atom stereocenters. The highest BCUT2D eigenvalue weighted by molar-refractivity contribution is 7.91. The molecule has 1 aromatic heterocycles. The van der Waals surface area contributed by atoms with Crippen molar-refractivity contribution < 1.29 is 13.3 Å². The molecule has 9 nitrogen and oxygen atoms in total. The predicted molar refractivity (Wildman–Crippen MR) is 78.1 cm³/mol. The quantitative estimate of drug-likeness (QED) is 0.603. The number of hydrogen-bond acceptors (Lipinski definition) is 8. The van der Waals surface area contributed by atoms with Crippen LogP contribution in [0.3, 0.4) is 0 Å². The molecule has 116 valence electrons. The van der Waals surface area contributed by atoms with Gasteiger partial charge in [-0.3, -0.25) is 10.1 Å². The maximum atomic E-state index is 11.4. The molecule has 2 rings (SSSR count). The number of nitrogens with one attached hydrogen (secondary N) is 2. The summed E-state index contributed by atoms with van der Waals surface area (Å²) in [6.45, 7) is 2.46. The first kappa shape index (κ1) is 15.4. The van der Waals surface area contributed by atoms with Crippen LogP contribution in [0, 0.1) is 10.1 Å². The standard InChI is InChI=1S/C11H17N5O4S/c1-2-12-11-13-7-9(16(17)18)10(15-11)14-8-3-5-21(19,20)6-4-8/h7-8H,2-6H2,1H3,(H2,12,13,14,15). The highest BCUT2D eigenvalue weighted by Gasteiger charge is 2.26. The van der Waals surface area contributed by atoms with Crippen LogP contribution in [0.5, 0.6) is 0 Å². The number of nitrogens with zero attached hydrogens (tertiary/aromatic N) is 3. The van der Waals surface area contributed by atoms with Gasteiger partial charge in [0.05, 0.1) is 16.4 Å². The fraction of sp³-hybridized carbons (Fsp3) is 0.636. The topological polar surface area (TPSA) is 127 Å². The third-order valence-corrected chi connectivity index (χ3v) is 4.91. The Bertz CT molecular complexity index is 620. The van der Waals surface area contributed by atoms with Crippen molar-refractivity contribution in [3.63, 3.8) is 0 Å². The molecule has 0 aliphatic carbocycles. The predicted octanol–water partition coefficient (Wildman–Crippen LogP) is 0.806. The second-order valence-electron chi connectivity index (χ2n) is 4.79. The van der Waals surface area contributed by atoms with Crippen LogP contribution in [0.25, 0.3) is 0 Å². The molecular formula is C11H17N5O4S. The first-order valence-corrected chi connectivity index (χ1v) is 8.45. The maximum absolute atomic E-state index is 11.4. The molecule has 0 spiro atoms. The third-order valence-electron chi connectivity index (χ3n) is 3.20. The van der Waals surface area contributed by atoms with Gasteiger partial charge in [0, 0.05) is 12.6 Å². The van der Waals surface area contributed by atoms with E-state index in [1.165, 1.54) is 0 Å². The second kappa shape index (κ2) is 6.20. The van der Waals surface area contributed by atoms with Crippen molar-refractivity contribution in [2.45, 2.75) is 25.8 Å². The summed E-state index contributed by atoms with van der Waals surface area (Å²) in [5.41, 5.74) is -0.218. The minimum absolute atomic E-state index is 0.0869. The molecule has 1 aliphatic heterocycles. The molecule has 2 N–H and O–H groups in total. The number of anilines is 2. The van der Waals surface area contributed by atoms with Crippen LogP contribution in [-0.2, 0) is 9.84 Å². The first-order valence-electron chi connectivity index (χ1n) is 6.63. The highest BCUT2D eigenvalue weighted by atomic mass is 32.2. The minimum atomic E-state index is -2.97. The molecule has 1 saturated heterocycles. The lowest BCUT2D eigenvalue weighted by molar-refractivity contribution is -0.384. The van der Waals surface area contributed by atoms with E-state index in [0.717, 1.165) is 6.20 Å². The van der Waals surface area contributed by atoms with Crippen LogP contribution in [-0.4, -0.2) is 47.4 Å². The lowest BCUT2D eigenvalue weighted by Crippen LogP contribution is -2.32. The van der Waals surface area contributed by atoms with E-state index in [2.05, 4.69) is 20.6 Å². The molecule has 0 saturated carbocycles. The van der Waals surface area contributed by atoms with E-state index in [1.54, 1.807) is 0 Å². The zero-order valence-corrected chi connectivity index (χ0v) is 12.4. The van der Waals surface area contributed by atoms with E-state index in [-0.39, 0.29) is 29.1 Å². The van der Waals surface area contributed by atoms with Crippen molar-refractivity contribution >= 4 is 27.3 Å². The lowest BCUT2D eigenvalue weighted by atomic mass is 10.1. The number of aromatic nitrogens is 2. The lowest BCUT2D eigenvalue weighted by Gasteiger charge is -2.23. The molecule has 0 bridgehead atoms. The summed E-state index contributed by atoms with van der Waals surface area (Å²) in [6, 6.07) is -0.142. The van der Waals surface area contributed by atoms with Gasteiger partial charge in [0.1, 0.15) is 16.0 Å². The number of rotatable bonds is 5. The molecule has 1 aliphatic rings. The van der Waals surface area contributed by atoms with Crippen molar-refractivity contribution in [1.29, 1.82) is 0 Å². The molecule has 21 heavy (non-hydrogen) atoms. The molecule has 0 aromatic carbocycles. The van der Waals surface area contributed by atoms with Crippen LogP contribution in [0.15, 0.2) is 6.20 Å². The number of nitro groups is 1. The summed E-state index contributed by atoms with van der Waals surface area (Å²) >= 11 is 0. The Balaban J connectivity index is 2.17.